The average molecular weight is 452 g/mol. The Balaban J connectivity index is 1.84. The van der Waals surface area contributed by atoms with Crippen LogP contribution in [0.2, 0.25) is 5.02 Å². The Bertz CT molecular complexity index is 806. The van der Waals surface area contributed by atoms with Crippen LogP contribution >= 0.6 is 38.9 Å². The number of rotatable bonds is 7. The molecule has 1 N–H and O–H groups in total. The maximum atomic E-state index is 12.1. The van der Waals surface area contributed by atoms with E-state index in [4.69, 9.17) is 11.6 Å². The number of halogens is 2. The second-order valence-corrected chi connectivity index (χ2v) is 9.81. The summed E-state index contributed by atoms with van der Waals surface area (Å²) in [6, 6.07) is 9.74. The van der Waals surface area contributed by atoms with Gasteiger partial charge in [0.15, 0.2) is 0 Å². The lowest BCUT2D eigenvalue weighted by Gasteiger charge is -2.16. The minimum Gasteiger partial charge on any atom is -0.341 e. The fourth-order valence-electron chi connectivity index (χ4n) is 1.94. The fraction of sp³-hybridized carbons (Fsp3) is 0.267. The van der Waals surface area contributed by atoms with Crippen LogP contribution in [-0.2, 0) is 21.4 Å². The Hall–Kier alpha value is -0.930. The van der Waals surface area contributed by atoms with Gasteiger partial charge in [0.25, 0.3) is 0 Å². The lowest BCUT2D eigenvalue weighted by molar-refractivity contribution is -0.130. The molecular formula is C15H16BrClN2O3S2. The van der Waals surface area contributed by atoms with E-state index in [0.717, 1.165) is 8.66 Å². The van der Waals surface area contributed by atoms with Gasteiger partial charge in [-0.2, -0.15) is 0 Å². The quantitative estimate of drug-likeness (QED) is 0.701. The summed E-state index contributed by atoms with van der Waals surface area (Å²) in [6.07, 6.45) is 0.0931. The number of hydrogen-bond donors (Lipinski definition) is 1. The number of benzene rings is 1. The molecule has 0 radical (unpaired) electrons. The van der Waals surface area contributed by atoms with Crippen molar-refractivity contribution < 1.29 is 13.2 Å². The summed E-state index contributed by atoms with van der Waals surface area (Å²) in [5.74, 6) is -0.127. The highest BCUT2D eigenvalue weighted by Gasteiger charge is 2.15. The molecule has 0 saturated carbocycles. The molecule has 24 heavy (non-hydrogen) atoms. The van der Waals surface area contributed by atoms with E-state index in [1.54, 1.807) is 23.3 Å². The van der Waals surface area contributed by atoms with E-state index in [1.807, 2.05) is 12.1 Å². The third kappa shape index (κ3) is 5.56. The Morgan fingerprint density at radius 2 is 1.92 bits per heavy atom. The molecule has 0 saturated heterocycles. The number of hydrogen-bond acceptors (Lipinski definition) is 4. The second-order valence-electron chi connectivity index (χ2n) is 5.06. The Morgan fingerprint density at radius 1 is 1.25 bits per heavy atom. The van der Waals surface area contributed by atoms with E-state index < -0.39 is 10.0 Å². The van der Waals surface area contributed by atoms with E-state index in [2.05, 4.69) is 20.7 Å². The van der Waals surface area contributed by atoms with Gasteiger partial charge in [-0.25, -0.2) is 13.1 Å². The maximum Gasteiger partial charge on any atom is 0.240 e. The van der Waals surface area contributed by atoms with E-state index in [9.17, 15) is 13.2 Å². The van der Waals surface area contributed by atoms with Crippen LogP contribution in [0.15, 0.2) is 45.1 Å². The number of sulfonamides is 1. The SMILES string of the molecule is CN(Cc1ccc(Br)s1)C(=O)CCNS(=O)(=O)c1ccc(Cl)cc1. The van der Waals surface area contributed by atoms with Gasteiger partial charge in [0.1, 0.15) is 0 Å². The number of thiophene rings is 1. The molecule has 0 aliphatic carbocycles. The van der Waals surface area contributed by atoms with E-state index >= 15 is 0 Å². The molecule has 130 valence electrons. The predicted molar refractivity (Wildman–Crippen MR) is 99.8 cm³/mol. The van der Waals surface area contributed by atoms with Crippen molar-refractivity contribution in [3.8, 4) is 0 Å². The molecule has 0 unspecified atom stereocenters. The molecule has 0 aliphatic heterocycles. The van der Waals surface area contributed by atoms with Gasteiger partial charge in [-0.3, -0.25) is 4.79 Å². The Morgan fingerprint density at radius 3 is 2.50 bits per heavy atom. The second kappa shape index (κ2) is 8.44. The lowest BCUT2D eigenvalue weighted by atomic mass is 10.3. The molecule has 5 nitrogen and oxygen atoms in total. The minimum absolute atomic E-state index is 0.0439. The van der Waals surface area contributed by atoms with Crippen LogP contribution in [0.25, 0.3) is 0 Å². The first-order chi connectivity index (χ1) is 11.3. The summed E-state index contributed by atoms with van der Waals surface area (Å²) < 4.78 is 27.6. The first-order valence-corrected chi connectivity index (χ1v) is 10.5. The number of carbonyl (C=O) groups excluding carboxylic acids is 1. The van der Waals surface area contributed by atoms with Gasteiger partial charge in [0.05, 0.1) is 15.2 Å². The number of nitrogens with zero attached hydrogens (tertiary/aromatic N) is 1. The summed E-state index contributed by atoms with van der Waals surface area (Å²) in [6.45, 7) is 0.543. The van der Waals surface area contributed by atoms with E-state index in [-0.39, 0.29) is 23.8 Å². The van der Waals surface area contributed by atoms with Crippen LogP contribution in [0.4, 0.5) is 0 Å². The van der Waals surface area contributed by atoms with Gasteiger partial charge in [-0.1, -0.05) is 11.6 Å². The van der Waals surface area contributed by atoms with Crippen molar-refractivity contribution >= 4 is 54.8 Å². The molecular weight excluding hydrogens is 436 g/mol. The molecule has 0 fully saturated rings. The Kier molecular flexibility index (Phi) is 6.82. The van der Waals surface area contributed by atoms with Crippen molar-refractivity contribution in [1.82, 2.24) is 9.62 Å². The van der Waals surface area contributed by atoms with Gasteiger partial charge < -0.3 is 4.90 Å². The normalized spacial score (nSPS) is 11.5. The van der Waals surface area contributed by atoms with Crippen LogP contribution in [0.1, 0.15) is 11.3 Å². The highest BCUT2D eigenvalue weighted by molar-refractivity contribution is 9.11. The zero-order valence-corrected chi connectivity index (χ0v) is 16.8. The van der Waals surface area contributed by atoms with Gasteiger partial charge in [-0.05, 0) is 52.3 Å². The maximum absolute atomic E-state index is 12.1. The average Bonchev–Trinajstić information content (AvgIpc) is 2.92. The van der Waals surface area contributed by atoms with Crippen LogP contribution in [0, 0.1) is 0 Å². The van der Waals surface area contributed by atoms with Gasteiger partial charge in [0, 0.05) is 29.9 Å². The molecule has 0 aliphatic rings. The van der Waals surface area contributed by atoms with Crippen LogP contribution in [0.5, 0.6) is 0 Å². The highest BCUT2D eigenvalue weighted by Crippen LogP contribution is 2.23. The van der Waals surface area contributed by atoms with Crippen LogP contribution in [-0.4, -0.2) is 32.8 Å². The summed E-state index contributed by atoms with van der Waals surface area (Å²) >= 11 is 10.7. The summed E-state index contributed by atoms with van der Waals surface area (Å²) in [7, 11) is -1.94. The number of nitrogens with one attached hydrogen (secondary N) is 1. The molecule has 2 aromatic rings. The molecule has 1 aromatic heterocycles. The fourth-order valence-corrected chi connectivity index (χ4v) is 4.63. The molecule has 9 heteroatoms. The van der Waals surface area contributed by atoms with Crippen molar-refractivity contribution in [2.45, 2.75) is 17.9 Å². The monoisotopic (exact) mass is 450 g/mol. The summed E-state index contributed by atoms with van der Waals surface area (Å²) in [5.41, 5.74) is 0. The first-order valence-electron chi connectivity index (χ1n) is 7.01. The zero-order valence-electron chi connectivity index (χ0n) is 12.8. The zero-order chi connectivity index (χ0) is 17.7. The van der Waals surface area contributed by atoms with Crippen molar-refractivity contribution in [3.05, 3.63) is 50.1 Å². The number of amides is 1. The van der Waals surface area contributed by atoms with E-state index in [1.165, 1.54) is 24.3 Å². The predicted octanol–water partition coefficient (Wildman–Crippen LogP) is 3.49. The topological polar surface area (TPSA) is 66.5 Å². The smallest absolute Gasteiger partial charge is 0.240 e. The van der Waals surface area contributed by atoms with Gasteiger partial charge in [0.2, 0.25) is 15.9 Å². The number of carbonyl (C=O) groups is 1. The molecule has 1 heterocycles. The third-order valence-corrected chi connectivity index (χ3v) is 6.54. The molecule has 2 rings (SSSR count). The van der Waals surface area contributed by atoms with Crippen molar-refractivity contribution in [1.29, 1.82) is 0 Å². The van der Waals surface area contributed by atoms with Gasteiger partial charge >= 0.3 is 0 Å². The van der Waals surface area contributed by atoms with Crippen molar-refractivity contribution in [3.63, 3.8) is 0 Å². The Labute approximate surface area is 158 Å². The largest absolute Gasteiger partial charge is 0.341 e. The van der Waals surface area contributed by atoms with Crippen LogP contribution in [0.3, 0.4) is 0 Å². The summed E-state index contributed by atoms with van der Waals surface area (Å²) in [5, 5.41) is 0.464. The van der Waals surface area contributed by atoms with E-state index in [0.29, 0.717) is 11.6 Å². The van der Waals surface area contributed by atoms with Crippen molar-refractivity contribution in [2.75, 3.05) is 13.6 Å². The van der Waals surface area contributed by atoms with Crippen molar-refractivity contribution in [2.24, 2.45) is 0 Å². The molecule has 0 spiro atoms. The molecule has 1 amide bonds. The van der Waals surface area contributed by atoms with Gasteiger partial charge in [-0.15, -0.1) is 11.3 Å². The lowest BCUT2D eigenvalue weighted by Crippen LogP contribution is -2.31. The third-order valence-electron chi connectivity index (χ3n) is 3.20. The molecule has 0 atom stereocenters. The van der Waals surface area contributed by atoms with Crippen LogP contribution < -0.4 is 4.72 Å². The highest BCUT2D eigenvalue weighted by atomic mass is 79.9. The molecule has 0 bridgehead atoms. The molecule has 1 aromatic carbocycles. The standard InChI is InChI=1S/C15H16BrClN2O3S2/c1-19(10-12-4-7-14(16)23-12)15(20)8-9-18-24(21,22)13-5-2-11(17)3-6-13/h2-7,18H,8-10H2,1H3. The minimum atomic E-state index is -3.64. The summed E-state index contributed by atoms with van der Waals surface area (Å²) in [4.78, 5) is 14.8. The first kappa shape index (κ1) is 19.4.